The molecule has 0 N–H and O–H groups in total. The molecule has 0 aliphatic heterocycles. The third kappa shape index (κ3) is 11.0. The van der Waals surface area contributed by atoms with Crippen LogP contribution in [0.3, 0.4) is 0 Å². The van der Waals surface area contributed by atoms with Gasteiger partial charge in [-0.25, -0.2) is 9.59 Å². The molecule has 0 amide bonds. The Morgan fingerprint density at radius 1 is 1.00 bits per heavy atom. The predicted molar refractivity (Wildman–Crippen MR) is 91.6 cm³/mol. The maximum Gasteiger partial charge on any atom is 0.331 e. The van der Waals surface area contributed by atoms with Gasteiger partial charge in [0, 0.05) is 19.3 Å². The Morgan fingerprint density at radius 3 is 2.24 bits per heavy atom. The molecule has 0 fully saturated rings. The Balaban J connectivity index is 4.26. The molecule has 0 bridgehead atoms. The molecule has 0 unspecified atom stereocenters. The van der Waals surface area contributed by atoms with Gasteiger partial charge in [-0.3, -0.25) is 4.79 Å². The number of hydrogen-bond donors (Lipinski definition) is 0. The fourth-order valence-electron chi connectivity index (χ4n) is 1.69. The van der Waals surface area contributed by atoms with Gasteiger partial charge in [0.25, 0.3) is 0 Å². The van der Waals surface area contributed by atoms with E-state index in [1.807, 2.05) is 0 Å². The summed E-state index contributed by atoms with van der Waals surface area (Å²) in [5.41, 5.74) is 0. The smallest absolute Gasteiger partial charge is 0.331 e. The van der Waals surface area contributed by atoms with Gasteiger partial charge in [-0.15, -0.1) is 6.58 Å². The normalized spacial score (nSPS) is 14.4. The largest absolute Gasteiger partial charge is 0.460 e. The first-order chi connectivity index (χ1) is 11.8. The van der Waals surface area contributed by atoms with Crippen LogP contribution in [0.4, 0.5) is 0 Å². The molecule has 140 valence electrons. The summed E-state index contributed by atoms with van der Waals surface area (Å²) < 4.78 is 20.1. The van der Waals surface area contributed by atoms with Crippen LogP contribution >= 0.6 is 0 Å². The maximum absolute atomic E-state index is 11.7. The number of carbonyl (C=O) groups excluding carboxylic acids is 3. The summed E-state index contributed by atoms with van der Waals surface area (Å²) in [5, 5.41) is 0. The van der Waals surface area contributed by atoms with Gasteiger partial charge in [-0.05, 0) is 32.8 Å². The lowest BCUT2D eigenvalue weighted by atomic mass is 10.1. The minimum Gasteiger partial charge on any atom is -0.460 e. The summed E-state index contributed by atoms with van der Waals surface area (Å²) in [5.74, 6) is -1.89. The van der Waals surface area contributed by atoms with Crippen molar-refractivity contribution in [1.29, 1.82) is 0 Å². The molecule has 0 aliphatic rings. The molecule has 0 aliphatic carbocycles. The zero-order chi connectivity index (χ0) is 19.2. The van der Waals surface area contributed by atoms with Crippen molar-refractivity contribution in [3.8, 4) is 0 Å². The Morgan fingerprint density at radius 2 is 1.68 bits per heavy atom. The van der Waals surface area contributed by atoms with Crippen molar-refractivity contribution in [3.05, 3.63) is 37.5 Å². The molecule has 3 atom stereocenters. The van der Waals surface area contributed by atoms with E-state index in [0.29, 0.717) is 12.8 Å². The summed E-state index contributed by atoms with van der Waals surface area (Å²) in [6.45, 7) is 10.2. The van der Waals surface area contributed by atoms with Gasteiger partial charge >= 0.3 is 11.9 Å². The zero-order valence-corrected chi connectivity index (χ0v) is 14.9. The predicted octanol–water partition coefficient (Wildman–Crippen LogP) is 2.12. The first-order valence-corrected chi connectivity index (χ1v) is 7.82. The molecule has 7 nitrogen and oxygen atoms in total. The molecule has 0 rings (SSSR count). The van der Waals surface area contributed by atoms with Crippen molar-refractivity contribution in [1.82, 2.24) is 0 Å². The molecule has 25 heavy (non-hydrogen) atoms. The van der Waals surface area contributed by atoms with E-state index in [9.17, 15) is 14.4 Å². The number of ether oxygens (including phenoxy) is 4. The van der Waals surface area contributed by atoms with Gasteiger partial charge in [0.05, 0.1) is 12.2 Å². The molecule has 7 heteroatoms. The number of rotatable bonds is 13. The molecular weight excluding hydrogens is 328 g/mol. The van der Waals surface area contributed by atoms with Crippen molar-refractivity contribution in [2.45, 2.75) is 45.0 Å². The number of hydrogen-bond acceptors (Lipinski definition) is 7. The summed E-state index contributed by atoms with van der Waals surface area (Å²) in [4.78, 5) is 34.4. The van der Waals surface area contributed by atoms with Crippen molar-refractivity contribution in [2.75, 3.05) is 13.9 Å². The molecule has 0 spiro atoms. The van der Waals surface area contributed by atoms with E-state index in [0.717, 1.165) is 18.2 Å². The second-order valence-electron chi connectivity index (χ2n) is 5.19. The van der Waals surface area contributed by atoms with E-state index < -0.39 is 23.8 Å². The Kier molecular flexibility index (Phi) is 11.9. The van der Waals surface area contributed by atoms with Crippen molar-refractivity contribution < 1.29 is 33.3 Å². The van der Waals surface area contributed by atoms with Gasteiger partial charge in [0.2, 0.25) is 0 Å². The number of esters is 2. The quantitative estimate of drug-likeness (QED) is 0.217. The number of ketones is 1. The first-order valence-electron chi connectivity index (χ1n) is 7.82. The molecule has 0 saturated carbocycles. The van der Waals surface area contributed by atoms with E-state index >= 15 is 0 Å². The second-order valence-corrected chi connectivity index (χ2v) is 5.19. The third-order valence-corrected chi connectivity index (χ3v) is 3.08. The van der Waals surface area contributed by atoms with E-state index in [4.69, 9.17) is 18.9 Å². The summed E-state index contributed by atoms with van der Waals surface area (Å²) in [7, 11) is 1.53. The lowest BCUT2D eigenvalue weighted by molar-refractivity contribution is -0.147. The lowest BCUT2D eigenvalue weighted by Crippen LogP contribution is -2.22. The molecule has 0 aromatic carbocycles. The van der Waals surface area contributed by atoms with Gasteiger partial charge in [-0.1, -0.05) is 12.7 Å². The number of methoxy groups -OCH3 is 1. The monoisotopic (exact) mass is 354 g/mol. The molecule has 0 radical (unpaired) electrons. The fraction of sp³-hybridized carbons (Fsp3) is 0.500. The first kappa shape index (κ1) is 22.8. The summed E-state index contributed by atoms with van der Waals surface area (Å²) in [6, 6.07) is 0. The van der Waals surface area contributed by atoms with Crippen molar-refractivity contribution in [3.63, 3.8) is 0 Å². The second kappa shape index (κ2) is 13.1. The Labute approximate surface area is 148 Å². The van der Waals surface area contributed by atoms with Gasteiger partial charge in [0.15, 0.2) is 11.9 Å². The standard InChI is InChI=1S/C18H26O7/c1-6-15(23-12-22-5)9-8-13(3)24-18(21)11-10-16(19)14(4)25-17(20)7-2/h6-7,10-11,13-15H,1-2,8-9,12H2,3-5H3/b11-10+/t13-,14-,15+/m0/s1. The highest BCUT2D eigenvalue weighted by atomic mass is 16.7. The average Bonchev–Trinajstić information content (AvgIpc) is 2.59. The molecule has 0 aromatic rings. The van der Waals surface area contributed by atoms with Gasteiger partial charge in [0.1, 0.15) is 6.79 Å². The van der Waals surface area contributed by atoms with Crippen LogP contribution < -0.4 is 0 Å². The Hall–Kier alpha value is -2.25. The van der Waals surface area contributed by atoms with Crippen LogP contribution in [0.15, 0.2) is 37.5 Å². The minimum atomic E-state index is -1.00. The van der Waals surface area contributed by atoms with Crippen LogP contribution in [0.5, 0.6) is 0 Å². The van der Waals surface area contributed by atoms with Gasteiger partial charge in [-0.2, -0.15) is 0 Å². The molecular formula is C18H26O7. The highest BCUT2D eigenvalue weighted by Gasteiger charge is 2.15. The van der Waals surface area contributed by atoms with E-state index in [1.165, 1.54) is 14.0 Å². The van der Waals surface area contributed by atoms with Crippen LogP contribution in [-0.4, -0.2) is 49.9 Å². The van der Waals surface area contributed by atoms with E-state index in [-0.39, 0.29) is 19.0 Å². The van der Waals surface area contributed by atoms with Crippen LogP contribution in [0.1, 0.15) is 26.7 Å². The lowest BCUT2D eigenvalue weighted by Gasteiger charge is -2.16. The van der Waals surface area contributed by atoms with Crippen LogP contribution in [0, 0.1) is 0 Å². The van der Waals surface area contributed by atoms with Crippen molar-refractivity contribution in [2.24, 2.45) is 0 Å². The molecule has 0 aromatic heterocycles. The topological polar surface area (TPSA) is 88.1 Å². The third-order valence-electron chi connectivity index (χ3n) is 3.08. The summed E-state index contributed by atoms with van der Waals surface area (Å²) in [6.07, 6.45) is 4.23. The maximum atomic E-state index is 11.7. The average molecular weight is 354 g/mol. The van der Waals surface area contributed by atoms with Crippen LogP contribution in [0.25, 0.3) is 0 Å². The summed E-state index contributed by atoms with van der Waals surface area (Å²) >= 11 is 0. The van der Waals surface area contributed by atoms with E-state index in [2.05, 4.69) is 13.2 Å². The van der Waals surface area contributed by atoms with Gasteiger partial charge < -0.3 is 18.9 Å². The fourth-order valence-corrected chi connectivity index (χ4v) is 1.69. The number of carbonyl (C=O) groups is 3. The molecule has 0 heterocycles. The minimum absolute atomic E-state index is 0.157. The SMILES string of the molecule is C=CC(=O)O[C@@H](C)C(=O)/C=C/C(=O)O[C@@H](C)CC[C@@H](C=C)OCOC. The highest BCUT2D eigenvalue weighted by molar-refractivity contribution is 5.99. The molecule has 0 saturated heterocycles. The van der Waals surface area contributed by atoms with E-state index in [1.54, 1.807) is 13.0 Å². The van der Waals surface area contributed by atoms with Crippen LogP contribution in [-0.2, 0) is 33.3 Å². The zero-order valence-electron chi connectivity index (χ0n) is 14.9. The highest BCUT2D eigenvalue weighted by Crippen LogP contribution is 2.09. The van der Waals surface area contributed by atoms with Crippen LogP contribution in [0.2, 0.25) is 0 Å². The Bertz CT molecular complexity index is 496. The van der Waals surface area contributed by atoms with Crippen molar-refractivity contribution >= 4 is 17.7 Å².